The number of hydrogen-bond acceptors (Lipinski definition) is 3. The molecule has 0 saturated carbocycles. The van der Waals surface area contributed by atoms with E-state index in [1.165, 1.54) is 6.42 Å². The van der Waals surface area contributed by atoms with E-state index < -0.39 is 0 Å². The Bertz CT molecular complexity index is 415. The van der Waals surface area contributed by atoms with Crippen LogP contribution in [0.2, 0.25) is 0 Å². The first-order valence-electron chi connectivity index (χ1n) is 7.83. The van der Waals surface area contributed by atoms with E-state index in [-0.39, 0.29) is 24.7 Å². The van der Waals surface area contributed by atoms with E-state index in [1.54, 1.807) is 0 Å². The quantitative estimate of drug-likeness (QED) is 0.808. The molecule has 2 N–H and O–H groups in total. The fourth-order valence-electron chi connectivity index (χ4n) is 2.69. The number of amides is 1. The van der Waals surface area contributed by atoms with Crippen LogP contribution >= 0.6 is 0 Å². The lowest BCUT2D eigenvalue weighted by Crippen LogP contribution is -2.39. The van der Waals surface area contributed by atoms with Crippen molar-refractivity contribution in [1.29, 1.82) is 0 Å². The Balaban J connectivity index is 1.71. The first-order valence-corrected chi connectivity index (χ1v) is 7.83. The SMILES string of the molecule is O=C(CCC1CCCCO1)N[C@@H](CO)Cc1ccccc1. The van der Waals surface area contributed by atoms with Crippen LogP contribution < -0.4 is 5.32 Å². The van der Waals surface area contributed by atoms with Crippen molar-refractivity contribution in [1.82, 2.24) is 5.32 Å². The molecule has 1 aliphatic heterocycles. The fourth-order valence-corrected chi connectivity index (χ4v) is 2.69. The third kappa shape index (κ3) is 5.86. The highest BCUT2D eigenvalue weighted by Gasteiger charge is 2.17. The molecule has 0 bridgehead atoms. The van der Waals surface area contributed by atoms with Gasteiger partial charge in [-0.05, 0) is 37.7 Å². The summed E-state index contributed by atoms with van der Waals surface area (Å²) in [5, 5.41) is 12.3. The van der Waals surface area contributed by atoms with Gasteiger partial charge in [0.2, 0.25) is 5.91 Å². The van der Waals surface area contributed by atoms with Crippen LogP contribution in [-0.2, 0) is 16.0 Å². The summed E-state index contributed by atoms with van der Waals surface area (Å²) in [5.41, 5.74) is 1.12. The molecule has 0 spiro atoms. The van der Waals surface area contributed by atoms with Gasteiger partial charge in [-0.15, -0.1) is 0 Å². The number of rotatable bonds is 7. The molecule has 1 amide bonds. The monoisotopic (exact) mass is 291 g/mol. The lowest BCUT2D eigenvalue weighted by Gasteiger charge is -2.23. The van der Waals surface area contributed by atoms with E-state index in [9.17, 15) is 9.90 Å². The van der Waals surface area contributed by atoms with Crippen molar-refractivity contribution >= 4 is 5.91 Å². The Morgan fingerprint density at radius 2 is 2.14 bits per heavy atom. The molecular weight excluding hydrogens is 266 g/mol. The van der Waals surface area contributed by atoms with E-state index in [0.29, 0.717) is 12.8 Å². The number of carbonyl (C=O) groups is 1. The summed E-state index contributed by atoms with van der Waals surface area (Å²) in [6, 6.07) is 9.68. The van der Waals surface area contributed by atoms with Crippen LogP contribution in [0.15, 0.2) is 30.3 Å². The van der Waals surface area contributed by atoms with Crippen LogP contribution in [0.25, 0.3) is 0 Å². The molecule has 0 radical (unpaired) electrons. The van der Waals surface area contributed by atoms with E-state index in [0.717, 1.165) is 31.4 Å². The molecule has 1 aliphatic rings. The van der Waals surface area contributed by atoms with Crippen molar-refractivity contribution in [3.63, 3.8) is 0 Å². The smallest absolute Gasteiger partial charge is 0.220 e. The predicted molar refractivity (Wildman–Crippen MR) is 82.0 cm³/mol. The van der Waals surface area contributed by atoms with Crippen molar-refractivity contribution in [2.75, 3.05) is 13.2 Å². The molecule has 1 aromatic rings. The summed E-state index contributed by atoms with van der Waals surface area (Å²) < 4.78 is 5.63. The van der Waals surface area contributed by atoms with Gasteiger partial charge in [-0.2, -0.15) is 0 Å². The Labute approximate surface area is 126 Å². The Morgan fingerprint density at radius 3 is 2.81 bits per heavy atom. The van der Waals surface area contributed by atoms with Gasteiger partial charge < -0.3 is 15.2 Å². The topological polar surface area (TPSA) is 58.6 Å². The molecule has 4 nitrogen and oxygen atoms in total. The van der Waals surface area contributed by atoms with Crippen molar-refractivity contribution in [3.05, 3.63) is 35.9 Å². The molecule has 116 valence electrons. The second kappa shape index (κ2) is 8.80. The number of ether oxygens (including phenoxy) is 1. The van der Waals surface area contributed by atoms with E-state index in [2.05, 4.69) is 5.32 Å². The molecule has 1 fully saturated rings. The first-order chi connectivity index (χ1) is 10.3. The maximum absolute atomic E-state index is 12.0. The normalized spacial score (nSPS) is 20.0. The molecule has 1 aromatic carbocycles. The fraction of sp³-hybridized carbons (Fsp3) is 0.588. The van der Waals surface area contributed by atoms with Gasteiger partial charge in [0.1, 0.15) is 0 Å². The zero-order valence-corrected chi connectivity index (χ0v) is 12.5. The summed E-state index contributed by atoms with van der Waals surface area (Å²) >= 11 is 0. The van der Waals surface area contributed by atoms with Crippen molar-refractivity contribution < 1.29 is 14.6 Å². The third-order valence-corrected chi connectivity index (χ3v) is 3.88. The third-order valence-electron chi connectivity index (χ3n) is 3.88. The van der Waals surface area contributed by atoms with Crippen LogP contribution in [0.5, 0.6) is 0 Å². The van der Waals surface area contributed by atoms with Gasteiger partial charge in [-0.1, -0.05) is 30.3 Å². The van der Waals surface area contributed by atoms with Crippen LogP contribution in [0.4, 0.5) is 0 Å². The Morgan fingerprint density at radius 1 is 1.33 bits per heavy atom. The van der Waals surface area contributed by atoms with Gasteiger partial charge in [0.05, 0.1) is 18.8 Å². The van der Waals surface area contributed by atoms with Crippen LogP contribution in [-0.4, -0.2) is 36.4 Å². The zero-order valence-electron chi connectivity index (χ0n) is 12.5. The van der Waals surface area contributed by atoms with Gasteiger partial charge in [-0.25, -0.2) is 0 Å². The van der Waals surface area contributed by atoms with Crippen LogP contribution in [0, 0.1) is 0 Å². The van der Waals surface area contributed by atoms with Gasteiger partial charge >= 0.3 is 0 Å². The van der Waals surface area contributed by atoms with Gasteiger partial charge in [0.15, 0.2) is 0 Å². The van der Waals surface area contributed by atoms with Gasteiger partial charge in [0.25, 0.3) is 0 Å². The number of nitrogens with one attached hydrogen (secondary N) is 1. The number of aliphatic hydroxyl groups excluding tert-OH is 1. The van der Waals surface area contributed by atoms with E-state index >= 15 is 0 Å². The summed E-state index contributed by atoms with van der Waals surface area (Å²) in [6.07, 6.45) is 5.51. The molecule has 1 saturated heterocycles. The average molecular weight is 291 g/mol. The maximum Gasteiger partial charge on any atom is 0.220 e. The molecule has 4 heteroatoms. The minimum absolute atomic E-state index is 0.000783. The Hall–Kier alpha value is -1.39. The van der Waals surface area contributed by atoms with E-state index in [1.807, 2.05) is 30.3 Å². The highest BCUT2D eigenvalue weighted by atomic mass is 16.5. The summed E-state index contributed by atoms with van der Waals surface area (Å²) in [6.45, 7) is 0.778. The second-order valence-corrected chi connectivity index (χ2v) is 5.66. The number of aliphatic hydroxyl groups is 1. The predicted octanol–water partition coefficient (Wildman–Crippen LogP) is 2.06. The molecule has 2 atom stereocenters. The van der Waals surface area contributed by atoms with Crippen LogP contribution in [0.1, 0.15) is 37.7 Å². The number of hydrogen-bond donors (Lipinski definition) is 2. The first kappa shape index (κ1) is 16.0. The summed E-state index contributed by atoms with van der Waals surface area (Å²) in [7, 11) is 0. The highest BCUT2D eigenvalue weighted by molar-refractivity contribution is 5.76. The van der Waals surface area contributed by atoms with Crippen molar-refractivity contribution in [2.24, 2.45) is 0 Å². The molecule has 1 heterocycles. The molecule has 1 unspecified atom stereocenters. The lowest BCUT2D eigenvalue weighted by atomic mass is 10.0. The summed E-state index contributed by atoms with van der Waals surface area (Å²) in [4.78, 5) is 12.0. The Kier molecular flexibility index (Phi) is 6.70. The molecule has 21 heavy (non-hydrogen) atoms. The minimum atomic E-state index is -0.216. The van der Waals surface area contributed by atoms with Gasteiger partial charge in [-0.3, -0.25) is 4.79 Å². The second-order valence-electron chi connectivity index (χ2n) is 5.66. The zero-order chi connectivity index (χ0) is 14.9. The van der Waals surface area contributed by atoms with Crippen molar-refractivity contribution in [2.45, 2.75) is 50.7 Å². The maximum atomic E-state index is 12.0. The van der Waals surface area contributed by atoms with Gasteiger partial charge in [0, 0.05) is 13.0 Å². The molecule has 0 aromatic heterocycles. The van der Waals surface area contributed by atoms with E-state index in [4.69, 9.17) is 4.74 Å². The number of benzene rings is 1. The molecule has 0 aliphatic carbocycles. The number of carbonyl (C=O) groups excluding carboxylic acids is 1. The largest absolute Gasteiger partial charge is 0.394 e. The average Bonchev–Trinajstić information content (AvgIpc) is 2.54. The molecule has 2 rings (SSSR count). The minimum Gasteiger partial charge on any atom is -0.394 e. The highest BCUT2D eigenvalue weighted by Crippen LogP contribution is 2.16. The summed E-state index contributed by atoms with van der Waals surface area (Å²) in [5.74, 6) is -0.000783. The van der Waals surface area contributed by atoms with Crippen LogP contribution in [0.3, 0.4) is 0 Å². The van der Waals surface area contributed by atoms with Crippen molar-refractivity contribution in [3.8, 4) is 0 Å². The standard InChI is InChI=1S/C17H25NO3/c19-13-15(12-14-6-2-1-3-7-14)18-17(20)10-9-16-8-4-5-11-21-16/h1-3,6-7,15-16,19H,4-5,8-13H2,(H,18,20)/t15-,16?/m1/s1. The lowest BCUT2D eigenvalue weighted by molar-refractivity contribution is -0.123. The molecular formula is C17H25NO3.